The second-order valence-corrected chi connectivity index (χ2v) is 6.00. The van der Waals surface area contributed by atoms with Crippen LogP contribution in [0.3, 0.4) is 0 Å². The monoisotopic (exact) mass is 222 g/mol. The summed E-state index contributed by atoms with van der Waals surface area (Å²) >= 11 is 0. The smallest absolute Gasteiger partial charge is 0.0925 e. The molecule has 0 spiro atoms. The molecule has 0 saturated heterocycles. The molecule has 1 aromatic rings. The number of hydrogen-bond donors (Lipinski definition) is 1. The van der Waals surface area contributed by atoms with Crippen molar-refractivity contribution in [2.45, 2.75) is 71.6 Å². The van der Waals surface area contributed by atoms with Crippen LogP contribution in [-0.4, -0.2) is 9.97 Å². The molecule has 1 heterocycles. The number of H-pyrrole nitrogens is 1. The minimum absolute atomic E-state index is 0.177. The van der Waals surface area contributed by atoms with Gasteiger partial charge in [0.15, 0.2) is 0 Å². The van der Waals surface area contributed by atoms with E-state index in [2.05, 4.69) is 51.5 Å². The maximum atomic E-state index is 4.57. The summed E-state index contributed by atoms with van der Waals surface area (Å²) in [7, 11) is 0. The molecule has 0 unspecified atom stereocenters. The molecule has 0 aliphatic rings. The fourth-order valence-electron chi connectivity index (χ4n) is 2.24. The van der Waals surface area contributed by atoms with Gasteiger partial charge in [0, 0.05) is 16.5 Å². The van der Waals surface area contributed by atoms with Gasteiger partial charge in [-0.2, -0.15) is 0 Å². The molecular formula is C14H26N2. The lowest BCUT2D eigenvalue weighted by molar-refractivity contribution is 0.426. The first-order valence-corrected chi connectivity index (χ1v) is 6.39. The lowest BCUT2D eigenvalue weighted by Crippen LogP contribution is -2.26. The van der Waals surface area contributed by atoms with E-state index in [4.69, 9.17) is 0 Å². The largest absolute Gasteiger partial charge is 0.348 e. The van der Waals surface area contributed by atoms with Gasteiger partial charge in [0.05, 0.1) is 12.0 Å². The second-order valence-electron chi connectivity index (χ2n) is 6.00. The Labute approximate surface area is 99.9 Å². The number of aromatic amines is 1. The van der Waals surface area contributed by atoms with Gasteiger partial charge in [0.2, 0.25) is 0 Å². The van der Waals surface area contributed by atoms with E-state index in [9.17, 15) is 0 Å². The highest BCUT2D eigenvalue weighted by molar-refractivity contribution is 5.27. The van der Waals surface area contributed by atoms with Crippen LogP contribution in [0.2, 0.25) is 0 Å². The van der Waals surface area contributed by atoms with E-state index in [0.29, 0.717) is 0 Å². The summed E-state index contributed by atoms with van der Waals surface area (Å²) in [6.07, 6.45) is 5.36. The fourth-order valence-corrected chi connectivity index (χ4v) is 2.24. The predicted molar refractivity (Wildman–Crippen MR) is 69.8 cm³/mol. The summed E-state index contributed by atoms with van der Waals surface area (Å²) in [5.74, 6) is 0. The van der Waals surface area contributed by atoms with Gasteiger partial charge in [-0.1, -0.05) is 48.0 Å². The standard InChI is InChI=1S/C14H26N2/c1-7-9-14(5,6)12-11(15-10-16-12)13(3,4)8-2/h10H,7-9H2,1-6H3,(H,15,16). The van der Waals surface area contributed by atoms with Gasteiger partial charge in [-0.15, -0.1) is 0 Å². The molecule has 1 rings (SSSR count). The summed E-state index contributed by atoms with van der Waals surface area (Å²) in [5, 5.41) is 0. The molecule has 1 aromatic heterocycles. The van der Waals surface area contributed by atoms with E-state index in [1.807, 2.05) is 6.33 Å². The van der Waals surface area contributed by atoms with Crippen LogP contribution in [0.25, 0.3) is 0 Å². The molecule has 2 heteroatoms. The van der Waals surface area contributed by atoms with Crippen molar-refractivity contribution in [1.82, 2.24) is 9.97 Å². The average Bonchev–Trinajstić information content (AvgIpc) is 2.67. The highest BCUT2D eigenvalue weighted by Crippen LogP contribution is 2.35. The molecule has 0 aliphatic heterocycles. The lowest BCUT2D eigenvalue weighted by Gasteiger charge is -2.29. The van der Waals surface area contributed by atoms with Gasteiger partial charge in [0.25, 0.3) is 0 Å². The Morgan fingerprint density at radius 3 is 2.25 bits per heavy atom. The zero-order valence-corrected chi connectivity index (χ0v) is 11.6. The van der Waals surface area contributed by atoms with Gasteiger partial charge in [-0.3, -0.25) is 0 Å². The minimum atomic E-state index is 0.177. The first-order chi connectivity index (χ1) is 7.35. The highest BCUT2D eigenvalue weighted by Gasteiger charge is 2.31. The van der Waals surface area contributed by atoms with Crippen LogP contribution in [0.4, 0.5) is 0 Å². The van der Waals surface area contributed by atoms with Crippen molar-refractivity contribution in [1.29, 1.82) is 0 Å². The van der Waals surface area contributed by atoms with Crippen LogP contribution in [0.5, 0.6) is 0 Å². The molecule has 0 bridgehead atoms. The molecule has 0 saturated carbocycles. The first-order valence-electron chi connectivity index (χ1n) is 6.39. The Morgan fingerprint density at radius 2 is 1.75 bits per heavy atom. The third-order valence-electron chi connectivity index (χ3n) is 3.72. The van der Waals surface area contributed by atoms with Gasteiger partial charge < -0.3 is 4.98 Å². The summed E-state index contributed by atoms with van der Waals surface area (Å²) in [5.41, 5.74) is 2.93. The number of hydrogen-bond acceptors (Lipinski definition) is 1. The van der Waals surface area contributed by atoms with E-state index in [1.54, 1.807) is 0 Å². The Bertz CT molecular complexity index is 334. The summed E-state index contributed by atoms with van der Waals surface area (Å²) in [6.45, 7) is 13.6. The maximum Gasteiger partial charge on any atom is 0.0925 e. The normalized spacial score (nSPS) is 13.1. The Kier molecular flexibility index (Phi) is 3.82. The third kappa shape index (κ3) is 2.47. The van der Waals surface area contributed by atoms with E-state index in [0.717, 1.165) is 6.42 Å². The van der Waals surface area contributed by atoms with Crippen LogP contribution in [0.15, 0.2) is 6.33 Å². The van der Waals surface area contributed by atoms with Crippen LogP contribution in [-0.2, 0) is 10.8 Å². The topological polar surface area (TPSA) is 28.7 Å². The molecule has 92 valence electrons. The molecule has 0 aromatic carbocycles. The van der Waals surface area contributed by atoms with E-state index >= 15 is 0 Å². The molecule has 1 N–H and O–H groups in total. The molecule has 0 amide bonds. The van der Waals surface area contributed by atoms with Crippen molar-refractivity contribution in [2.24, 2.45) is 0 Å². The Hall–Kier alpha value is -0.790. The van der Waals surface area contributed by atoms with Gasteiger partial charge >= 0.3 is 0 Å². The molecule has 0 aliphatic carbocycles. The molecular weight excluding hydrogens is 196 g/mol. The first kappa shape index (κ1) is 13.3. The van der Waals surface area contributed by atoms with Crippen molar-refractivity contribution < 1.29 is 0 Å². The van der Waals surface area contributed by atoms with Crippen molar-refractivity contribution in [3.63, 3.8) is 0 Å². The predicted octanol–water partition coefficient (Wildman–Crippen LogP) is 4.18. The SMILES string of the molecule is CCCC(C)(C)c1nc[nH]c1C(C)(C)CC. The zero-order chi connectivity index (χ0) is 12.4. The van der Waals surface area contributed by atoms with Crippen molar-refractivity contribution >= 4 is 0 Å². The second kappa shape index (κ2) is 4.60. The van der Waals surface area contributed by atoms with Gasteiger partial charge in [0.1, 0.15) is 0 Å². The number of aromatic nitrogens is 2. The van der Waals surface area contributed by atoms with Crippen LogP contribution in [0, 0.1) is 0 Å². The summed E-state index contributed by atoms with van der Waals surface area (Å²) < 4.78 is 0. The number of nitrogens with zero attached hydrogens (tertiary/aromatic N) is 1. The Balaban J connectivity index is 3.12. The van der Waals surface area contributed by atoms with Crippen LogP contribution >= 0.6 is 0 Å². The summed E-state index contributed by atoms with van der Waals surface area (Å²) in [6, 6.07) is 0. The number of imidazole rings is 1. The van der Waals surface area contributed by atoms with Gasteiger partial charge in [-0.25, -0.2) is 4.98 Å². The maximum absolute atomic E-state index is 4.57. The molecule has 16 heavy (non-hydrogen) atoms. The van der Waals surface area contributed by atoms with E-state index < -0.39 is 0 Å². The van der Waals surface area contributed by atoms with E-state index in [1.165, 1.54) is 24.2 Å². The van der Waals surface area contributed by atoms with Crippen LogP contribution < -0.4 is 0 Å². The summed E-state index contributed by atoms with van der Waals surface area (Å²) in [4.78, 5) is 7.92. The van der Waals surface area contributed by atoms with E-state index in [-0.39, 0.29) is 10.8 Å². The number of nitrogens with one attached hydrogen (secondary N) is 1. The molecule has 2 nitrogen and oxygen atoms in total. The quantitative estimate of drug-likeness (QED) is 0.795. The third-order valence-corrected chi connectivity index (χ3v) is 3.72. The zero-order valence-electron chi connectivity index (χ0n) is 11.6. The fraction of sp³-hybridized carbons (Fsp3) is 0.786. The van der Waals surface area contributed by atoms with Crippen molar-refractivity contribution in [3.05, 3.63) is 17.7 Å². The molecule has 0 atom stereocenters. The number of rotatable bonds is 5. The minimum Gasteiger partial charge on any atom is -0.348 e. The Morgan fingerprint density at radius 1 is 1.12 bits per heavy atom. The van der Waals surface area contributed by atoms with Crippen LogP contribution in [0.1, 0.15) is 72.2 Å². The highest BCUT2D eigenvalue weighted by atomic mass is 14.9. The molecule has 0 fully saturated rings. The molecule has 0 radical (unpaired) electrons. The van der Waals surface area contributed by atoms with Gasteiger partial charge in [-0.05, 0) is 12.8 Å². The van der Waals surface area contributed by atoms with Crippen molar-refractivity contribution in [3.8, 4) is 0 Å². The average molecular weight is 222 g/mol. The van der Waals surface area contributed by atoms with Crippen molar-refractivity contribution in [2.75, 3.05) is 0 Å². The lowest BCUT2D eigenvalue weighted by atomic mass is 9.76.